The number of nitrogens with one attached hydrogen (secondary N) is 3. The summed E-state index contributed by atoms with van der Waals surface area (Å²) >= 11 is 0. The second-order valence-corrected chi connectivity index (χ2v) is 8.69. The summed E-state index contributed by atoms with van der Waals surface area (Å²) in [4.78, 5) is 4.10. The molecule has 0 unspecified atom stereocenters. The van der Waals surface area contributed by atoms with Crippen LogP contribution >= 0.6 is 0 Å². The Morgan fingerprint density at radius 2 is 1.88 bits per heavy atom. The van der Waals surface area contributed by atoms with Crippen LogP contribution in [-0.4, -0.2) is 60.0 Å². The van der Waals surface area contributed by atoms with Crippen LogP contribution in [0.2, 0.25) is 0 Å². The Kier molecular flexibility index (Phi) is 8.28. The molecule has 2 fully saturated rings. The van der Waals surface area contributed by atoms with E-state index in [0.29, 0.717) is 25.0 Å². The van der Waals surface area contributed by atoms with Crippen LogP contribution in [0.5, 0.6) is 0 Å². The van der Waals surface area contributed by atoms with E-state index in [0.717, 1.165) is 44.9 Å². The van der Waals surface area contributed by atoms with Crippen LogP contribution < -0.4 is 15.4 Å². The topological polar surface area (TPSA) is 91.8 Å². The Morgan fingerprint density at radius 3 is 2.50 bits per heavy atom. The average Bonchev–Trinajstić information content (AvgIpc) is 3.31. The van der Waals surface area contributed by atoms with Crippen molar-refractivity contribution in [2.75, 3.05) is 45.6 Å². The average molecular weight is 361 g/mol. The van der Waals surface area contributed by atoms with Crippen molar-refractivity contribution in [2.24, 2.45) is 16.8 Å². The van der Waals surface area contributed by atoms with Crippen molar-refractivity contribution in [3.63, 3.8) is 0 Å². The molecule has 0 aromatic rings. The molecule has 0 heterocycles. The van der Waals surface area contributed by atoms with Crippen molar-refractivity contribution in [2.45, 2.75) is 38.5 Å². The molecule has 0 amide bonds. The van der Waals surface area contributed by atoms with Crippen molar-refractivity contribution in [3.05, 3.63) is 0 Å². The molecule has 0 saturated heterocycles. The Balaban J connectivity index is 1.48. The zero-order valence-corrected chi connectivity index (χ0v) is 15.5. The molecule has 140 valence electrons. The highest BCUT2D eigenvalue weighted by molar-refractivity contribution is 7.89. The van der Waals surface area contributed by atoms with Gasteiger partial charge in [-0.1, -0.05) is 6.42 Å². The van der Waals surface area contributed by atoms with Crippen LogP contribution in [0, 0.1) is 11.8 Å². The molecular formula is C16H32N4O3S. The van der Waals surface area contributed by atoms with Gasteiger partial charge in [0.15, 0.2) is 5.96 Å². The highest BCUT2D eigenvalue weighted by Crippen LogP contribution is 2.28. The van der Waals surface area contributed by atoms with Gasteiger partial charge in [-0.15, -0.1) is 0 Å². The highest BCUT2D eigenvalue weighted by Gasteiger charge is 2.21. The van der Waals surface area contributed by atoms with Gasteiger partial charge in [0.25, 0.3) is 0 Å². The standard InChI is InChI=1S/C16H32N4O3S/c1-17-16(18-8-3-10-23-13-15-6-7-15)19-9-11-24(21,22)20-12-14-4-2-5-14/h14-15,20H,2-13H2,1H3,(H2,17,18,19). The van der Waals surface area contributed by atoms with Crippen LogP contribution in [0.4, 0.5) is 0 Å². The summed E-state index contributed by atoms with van der Waals surface area (Å²) in [5.41, 5.74) is 0. The first-order valence-corrected chi connectivity index (χ1v) is 10.7. The second-order valence-electron chi connectivity index (χ2n) is 6.76. The molecular weight excluding hydrogens is 328 g/mol. The van der Waals surface area contributed by atoms with Crippen molar-refractivity contribution in [3.8, 4) is 0 Å². The van der Waals surface area contributed by atoms with Crippen LogP contribution in [-0.2, 0) is 14.8 Å². The quantitative estimate of drug-likeness (QED) is 0.271. The van der Waals surface area contributed by atoms with Crippen LogP contribution in [0.1, 0.15) is 38.5 Å². The third-order valence-corrected chi connectivity index (χ3v) is 5.86. The fraction of sp³-hybridized carbons (Fsp3) is 0.938. The molecule has 0 aromatic carbocycles. The third kappa shape index (κ3) is 8.30. The van der Waals surface area contributed by atoms with Gasteiger partial charge in [-0.3, -0.25) is 4.99 Å². The fourth-order valence-corrected chi connectivity index (χ4v) is 3.46. The highest BCUT2D eigenvalue weighted by atomic mass is 32.2. The van der Waals surface area contributed by atoms with Crippen molar-refractivity contribution < 1.29 is 13.2 Å². The molecule has 0 aliphatic heterocycles. The fourth-order valence-electron chi connectivity index (χ4n) is 2.45. The number of sulfonamides is 1. The molecule has 2 aliphatic carbocycles. The Bertz CT molecular complexity index is 488. The number of hydrogen-bond donors (Lipinski definition) is 3. The minimum absolute atomic E-state index is 0.0604. The van der Waals surface area contributed by atoms with Gasteiger partial charge in [0.2, 0.25) is 10.0 Å². The maximum Gasteiger partial charge on any atom is 0.213 e. The summed E-state index contributed by atoms with van der Waals surface area (Å²) in [6, 6.07) is 0. The minimum atomic E-state index is -3.21. The zero-order chi connectivity index (χ0) is 17.3. The minimum Gasteiger partial charge on any atom is -0.381 e. The van der Waals surface area contributed by atoms with Crippen LogP contribution in [0.15, 0.2) is 4.99 Å². The number of aliphatic imine (C=N–C) groups is 1. The molecule has 0 spiro atoms. The van der Waals surface area contributed by atoms with E-state index in [9.17, 15) is 8.42 Å². The van der Waals surface area contributed by atoms with Gasteiger partial charge in [0.1, 0.15) is 0 Å². The molecule has 0 atom stereocenters. The summed E-state index contributed by atoms with van der Waals surface area (Å²) in [6.45, 7) is 3.32. The molecule has 3 N–H and O–H groups in total. The van der Waals surface area contributed by atoms with Crippen molar-refractivity contribution >= 4 is 16.0 Å². The van der Waals surface area contributed by atoms with E-state index in [1.54, 1.807) is 7.05 Å². The van der Waals surface area contributed by atoms with E-state index in [4.69, 9.17) is 4.74 Å². The van der Waals surface area contributed by atoms with Crippen LogP contribution in [0.25, 0.3) is 0 Å². The molecule has 2 rings (SSSR count). The summed E-state index contributed by atoms with van der Waals surface area (Å²) < 4.78 is 32.1. The molecule has 24 heavy (non-hydrogen) atoms. The first-order chi connectivity index (χ1) is 11.6. The van der Waals surface area contributed by atoms with Gasteiger partial charge in [-0.05, 0) is 43.9 Å². The smallest absolute Gasteiger partial charge is 0.213 e. The Labute approximate surface area is 146 Å². The van der Waals surface area contributed by atoms with E-state index >= 15 is 0 Å². The predicted molar refractivity (Wildman–Crippen MR) is 96.7 cm³/mol. The lowest BCUT2D eigenvalue weighted by atomic mass is 9.86. The number of nitrogens with zero attached hydrogens (tertiary/aromatic N) is 1. The lowest BCUT2D eigenvalue weighted by molar-refractivity contribution is 0.123. The van der Waals surface area contributed by atoms with Gasteiger partial charge in [0, 0.05) is 39.9 Å². The number of guanidine groups is 1. The lowest BCUT2D eigenvalue weighted by Crippen LogP contribution is -2.42. The molecule has 8 heteroatoms. The molecule has 0 radical (unpaired) electrons. The van der Waals surface area contributed by atoms with Crippen LogP contribution in [0.3, 0.4) is 0 Å². The van der Waals surface area contributed by atoms with Gasteiger partial charge >= 0.3 is 0 Å². The van der Waals surface area contributed by atoms with Crippen molar-refractivity contribution in [1.82, 2.24) is 15.4 Å². The van der Waals surface area contributed by atoms with E-state index in [1.807, 2.05) is 0 Å². The van der Waals surface area contributed by atoms with Gasteiger partial charge in [0.05, 0.1) is 5.75 Å². The molecule has 0 aromatic heterocycles. The monoisotopic (exact) mass is 360 g/mol. The molecule has 7 nitrogen and oxygen atoms in total. The number of ether oxygens (including phenoxy) is 1. The molecule has 0 bridgehead atoms. The predicted octanol–water partition coefficient (Wildman–Crippen LogP) is 0.688. The van der Waals surface area contributed by atoms with Gasteiger partial charge in [-0.2, -0.15) is 0 Å². The van der Waals surface area contributed by atoms with Gasteiger partial charge in [-0.25, -0.2) is 13.1 Å². The van der Waals surface area contributed by atoms with Crippen molar-refractivity contribution in [1.29, 1.82) is 0 Å². The first kappa shape index (κ1) is 19.5. The Morgan fingerprint density at radius 1 is 1.12 bits per heavy atom. The van der Waals surface area contributed by atoms with Gasteiger partial charge < -0.3 is 15.4 Å². The van der Waals surface area contributed by atoms with E-state index in [-0.39, 0.29) is 5.75 Å². The summed E-state index contributed by atoms with van der Waals surface area (Å²) in [7, 11) is -1.52. The first-order valence-electron chi connectivity index (χ1n) is 9.08. The normalized spacial score (nSPS) is 19.1. The summed E-state index contributed by atoms with van der Waals surface area (Å²) in [5, 5.41) is 6.21. The molecule has 2 saturated carbocycles. The molecule has 2 aliphatic rings. The maximum absolute atomic E-state index is 11.9. The van der Waals surface area contributed by atoms with E-state index < -0.39 is 10.0 Å². The van der Waals surface area contributed by atoms with E-state index in [1.165, 1.54) is 19.3 Å². The third-order valence-electron chi connectivity index (χ3n) is 4.51. The number of rotatable bonds is 12. The number of hydrogen-bond acceptors (Lipinski definition) is 4. The SMILES string of the molecule is CN=C(NCCCOCC1CC1)NCCS(=O)(=O)NCC1CCC1. The summed E-state index contributed by atoms with van der Waals surface area (Å²) in [5.74, 6) is 2.02. The summed E-state index contributed by atoms with van der Waals surface area (Å²) in [6.07, 6.45) is 7.04. The Hall–Kier alpha value is -0.860. The maximum atomic E-state index is 11.9. The second kappa shape index (κ2) is 10.2. The zero-order valence-electron chi connectivity index (χ0n) is 14.7. The van der Waals surface area contributed by atoms with E-state index in [2.05, 4.69) is 20.3 Å². The largest absolute Gasteiger partial charge is 0.381 e. The lowest BCUT2D eigenvalue weighted by Gasteiger charge is -2.25.